The average molecular weight is 430 g/mol. The molecule has 1 aromatic heterocycles. The molecule has 1 aromatic carbocycles. The number of nitrogens with zero attached hydrogens (tertiary/aromatic N) is 2. The van der Waals surface area contributed by atoms with E-state index >= 15 is 0 Å². The molecule has 2 fully saturated rings. The summed E-state index contributed by atoms with van der Waals surface area (Å²) in [5, 5.41) is 4.25. The van der Waals surface area contributed by atoms with Crippen LogP contribution < -0.4 is 15.0 Å². The molecule has 2 saturated heterocycles. The van der Waals surface area contributed by atoms with E-state index in [1.165, 1.54) is 31.4 Å². The first-order valence-corrected chi connectivity index (χ1v) is 11.5. The zero-order chi connectivity index (χ0) is 20.6. The number of pyridine rings is 1. The Kier molecular flexibility index (Phi) is 7.84. The fourth-order valence-corrected chi connectivity index (χ4v) is 4.47. The number of halogens is 1. The number of nitrogens with one attached hydrogen (secondary N) is 1. The maximum Gasteiger partial charge on any atom is 0.139 e. The van der Waals surface area contributed by atoms with Gasteiger partial charge in [0.1, 0.15) is 12.4 Å². The Hall–Kier alpha value is -1.82. The van der Waals surface area contributed by atoms with Gasteiger partial charge < -0.3 is 19.7 Å². The van der Waals surface area contributed by atoms with Crippen LogP contribution in [0.25, 0.3) is 0 Å². The minimum Gasteiger partial charge on any atom is -0.490 e. The number of piperidine rings is 1. The normalized spacial score (nSPS) is 19.9. The lowest BCUT2D eigenvalue weighted by atomic mass is 9.94. The fraction of sp³-hybridized carbons (Fsp3) is 0.542. The number of rotatable bonds is 9. The largest absolute Gasteiger partial charge is 0.490 e. The average Bonchev–Trinajstić information content (AvgIpc) is 3.31. The maximum absolute atomic E-state index is 6.19. The van der Waals surface area contributed by atoms with E-state index < -0.39 is 0 Å². The lowest BCUT2D eigenvalue weighted by molar-refractivity contribution is 0.104. The van der Waals surface area contributed by atoms with Gasteiger partial charge in [-0.1, -0.05) is 29.8 Å². The summed E-state index contributed by atoms with van der Waals surface area (Å²) in [7, 11) is 0. The van der Waals surface area contributed by atoms with Crippen LogP contribution in [0, 0.1) is 5.92 Å². The van der Waals surface area contributed by atoms with Gasteiger partial charge in [-0.25, -0.2) is 0 Å². The highest BCUT2D eigenvalue weighted by Gasteiger charge is 2.20. The Morgan fingerprint density at radius 2 is 2.00 bits per heavy atom. The van der Waals surface area contributed by atoms with Gasteiger partial charge in [0, 0.05) is 36.8 Å². The van der Waals surface area contributed by atoms with E-state index in [0.717, 1.165) is 55.6 Å². The SMILES string of the molecule is Clc1ccccc1COCCC1CCN(c2cncc(OCC3CCCN3)c2)CC1. The third-order valence-corrected chi connectivity index (χ3v) is 6.55. The van der Waals surface area contributed by atoms with Crippen molar-refractivity contribution in [2.24, 2.45) is 5.92 Å². The van der Waals surface area contributed by atoms with Gasteiger partial charge in [-0.15, -0.1) is 0 Å². The van der Waals surface area contributed by atoms with Crippen LogP contribution in [-0.4, -0.2) is 43.9 Å². The second-order valence-electron chi connectivity index (χ2n) is 8.35. The molecule has 2 aromatic rings. The van der Waals surface area contributed by atoms with Crippen molar-refractivity contribution < 1.29 is 9.47 Å². The molecule has 30 heavy (non-hydrogen) atoms. The Morgan fingerprint density at radius 3 is 2.80 bits per heavy atom. The number of benzene rings is 1. The van der Waals surface area contributed by atoms with Crippen LogP contribution in [0.3, 0.4) is 0 Å². The molecule has 0 saturated carbocycles. The second-order valence-corrected chi connectivity index (χ2v) is 8.75. The first-order chi connectivity index (χ1) is 14.8. The number of hydrogen-bond donors (Lipinski definition) is 1. The van der Waals surface area contributed by atoms with Gasteiger partial charge in [-0.3, -0.25) is 4.98 Å². The van der Waals surface area contributed by atoms with Crippen LogP contribution in [0.4, 0.5) is 5.69 Å². The lowest BCUT2D eigenvalue weighted by Gasteiger charge is -2.33. The fourth-order valence-electron chi connectivity index (χ4n) is 4.28. The van der Waals surface area contributed by atoms with Crippen molar-refractivity contribution >= 4 is 17.3 Å². The molecule has 2 aliphatic heterocycles. The highest BCUT2D eigenvalue weighted by Crippen LogP contribution is 2.27. The Balaban J connectivity index is 1.17. The summed E-state index contributed by atoms with van der Waals surface area (Å²) in [5.74, 6) is 1.59. The summed E-state index contributed by atoms with van der Waals surface area (Å²) in [6.45, 7) is 5.33. The molecule has 5 nitrogen and oxygen atoms in total. The van der Waals surface area contributed by atoms with E-state index in [9.17, 15) is 0 Å². The molecule has 1 atom stereocenters. The standard InChI is InChI=1S/C24H32ClN3O2/c25-24-6-2-1-4-20(24)17-29-13-9-19-7-11-28(12-8-19)22-14-23(16-26-15-22)30-18-21-5-3-10-27-21/h1-2,4,6,14-16,19,21,27H,3,5,7-13,17-18H2. The van der Waals surface area contributed by atoms with E-state index in [4.69, 9.17) is 21.1 Å². The van der Waals surface area contributed by atoms with Gasteiger partial charge in [-0.2, -0.15) is 0 Å². The van der Waals surface area contributed by atoms with Crippen molar-refractivity contribution in [2.45, 2.75) is 44.8 Å². The number of aromatic nitrogens is 1. The summed E-state index contributed by atoms with van der Waals surface area (Å²) in [5.41, 5.74) is 2.23. The second kappa shape index (κ2) is 11.0. The van der Waals surface area contributed by atoms with E-state index in [1.54, 1.807) is 0 Å². The van der Waals surface area contributed by atoms with E-state index in [0.29, 0.717) is 18.6 Å². The quantitative estimate of drug-likeness (QED) is 0.586. The van der Waals surface area contributed by atoms with Crippen molar-refractivity contribution in [1.82, 2.24) is 10.3 Å². The van der Waals surface area contributed by atoms with Crippen molar-refractivity contribution in [3.63, 3.8) is 0 Å². The molecule has 0 spiro atoms. The van der Waals surface area contributed by atoms with Crippen LogP contribution in [0.5, 0.6) is 5.75 Å². The van der Waals surface area contributed by atoms with Gasteiger partial charge in [0.05, 0.1) is 24.7 Å². The molecule has 1 N–H and O–H groups in total. The molecule has 0 bridgehead atoms. The lowest BCUT2D eigenvalue weighted by Crippen LogP contribution is -2.34. The van der Waals surface area contributed by atoms with Crippen LogP contribution >= 0.6 is 11.6 Å². The summed E-state index contributed by atoms with van der Waals surface area (Å²) in [6.07, 6.45) is 9.69. The molecule has 6 heteroatoms. The smallest absolute Gasteiger partial charge is 0.139 e. The molecule has 1 unspecified atom stereocenters. The first kappa shape index (κ1) is 21.4. The van der Waals surface area contributed by atoms with Gasteiger partial charge in [0.15, 0.2) is 0 Å². The third kappa shape index (κ3) is 6.10. The zero-order valence-corrected chi connectivity index (χ0v) is 18.3. The molecule has 3 heterocycles. The first-order valence-electron chi connectivity index (χ1n) is 11.2. The minimum atomic E-state index is 0.476. The molecule has 0 radical (unpaired) electrons. The summed E-state index contributed by atoms with van der Waals surface area (Å²) in [6, 6.07) is 10.5. The van der Waals surface area contributed by atoms with Crippen LogP contribution in [0.15, 0.2) is 42.7 Å². The van der Waals surface area contributed by atoms with Crippen molar-refractivity contribution in [2.75, 3.05) is 37.7 Å². The third-order valence-electron chi connectivity index (χ3n) is 6.18. The Bertz CT molecular complexity index is 790. The van der Waals surface area contributed by atoms with Gasteiger partial charge in [0.2, 0.25) is 0 Å². The molecule has 162 valence electrons. The Labute approximate surface area is 184 Å². The molecule has 0 aliphatic carbocycles. The summed E-state index contributed by atoms with van der Waals surface area (Å²) in [4.78, 5) is 6.83. The van der Waals surface area contributed by atoms with Crippen LogP contribution in [-0.2, 0) is 11.3 Å². The van der Waals surface area contributed by atoms with E-state index in [-0.39, 0.29) is 0 Å². The minimum absolute atomic E-state index is 0.476. The monoisotopic (exact) mass is 429 g/mol. The van der Waals surface area contributed by atoms with Gasteiger partial charge in [-0.05, 0) is 56.2 Å². The summed E-state index contributed by atoms with van der Waals surface area (Å²) >= 11 is 6.19. The predicted molar refractivity (Wildman–Crippen MR) is 121 cm³/mol. The van der Waals surface area contributed by atoms with Gasteiger partial charge in [0.25, 0.3) is 0 Å². The molecular weight excluding hydrogens is 398 g/mol. The van der Waals surface area contributed by atoms with Crippen molar-refractivity contribution in [1.29, 1.82) is 0 Å². The highest BCUT2D eigenvalue weighted by atomic mass is 35.5. The highest BCUT2D eigenvalue weighted by molar-refractivity contribution is 6.31. The predicted octanol–water partition coefficient (Wildman–Crippen LogP) is 4.69. The topological polar surface area (TPSA) is 46.6 Å². The van der Waals surface area contributed by atoms with Crippen molar-refractivity contribution in [3.05, 3.63) is 53.3 Å². The zero-order valence-electron chi connectivity index (χ0n) is 17.6. The summed E-state index contributed by atoms with van der Waals surface area (Å²) < 4.78 is 11.8. The van der Waals surface area contributed by atoms with E-state index in [2.05, 4.69) is 21.3 Å². The Morgan fingerprint density at radius 1 is 1.13 bits per heavy atom. The molecule has 4 rings (SSSR count). The molecule has 2 aliphatic rings. The molecular formula is C24H32ClN3O2. The number of ether oxygens (including phenoxy) is 2. The van der Waals surface area contributed by atoms with Crippen LogP contribution in [0.2, 0.25) is 5.02 Å². The number of anilines is 1. The van der Waals surface area contributed by atoms with Crippen molar-refractivity contribution in [3.8, 4) is 5.75 Å². The molecule has 0 amide bonds. The maximum atomic E-state index is 6.19. The van der Waals surface area contributed by atoms with Crippen LogP contribution in [0.1, 0.15) is 37.7 Å². The number of hydrogen-bond acceptors (Lipinski definition) is 5. The van der Waals surface area contributed by atoms with Gasteiger partial charge >= 0.3 is 0 Å². The van der Waals surface area contributed by atoms with E-state index in [1.807, 2.05) is 36.7 Å².